The van der Waals surface area contributed by atoms with Gasteiger partial charge in [-0.2, -0.15) is 0 Å². The highest BCUT2D eigenvalue weighted by atomic mass is 16.5. The Kier molecular flexibility index (Phi) is 7.16. The third-order valence-electron chi connectivity index (χ3n) is 6.10. The fraction of sp³-hybridized carbons (Fsp3) is 0.591. The molecule has 0 amide bonds. The number of methoxy groups -OCH3 is 2. The number of hydrogen-bond acceptors (Lipinski definition) is 8. The van der Waals surface area contributed by atoms with Gasteiger partial charge in [0.05, 0.1) is 26.9 Å². The van der Waals surface area contributed by atoms with Crippen LogP contribution in [0.2, 0.25) is 0 Å². The van der Waals surface area contributed by atoms with Gasteiger partial charge in [0, 0.05) is 44.9 Å². The summed E-state index contributed by atoms with van der Waals surface area (Å²) >= 11 is 0. The largest absolute Gasteiger partial charge is 0.497 e. The van der Waals surface area contributed by atoms with E-state index in [-0.39, 0.29) is 12.1 Å². The van der Waals surface area contributed by atoms with Crippen LogP contribution in [0.15, 0.2) is 30.9 Å². The van der Waals surface area contributed by atoms with Crippen molar-refractivity contribution in [2.75, 3.05) is 53.6 Å². The van der Waals surface area contributed by atoms with E-state index in [0.29, 0.717) is 6.54 Å². The first kappa shape index (κ1) is 21.7. The van der Waals surface area contributed by atoms with Gasteiger partial charge in [0.1, 0.15) is 17.5 Å². The van der Waals surface area contributed by atoms with Crippen LogP contribution in [-0.4, -0.2) is 89.7 Å². The van der Waals surface area contributed by atoms with Gasteiger partial charge in [-0.15, -0.1) is 11.7 Å². The summed E-state index contributed by atoms with van der Waals surface area (Å²) in [6.07, 6.45) is 4.23. The Bertz CT molecular complexity index is 859. The maximum Gasteiger partial charge on any atom is 0.173 e. The second kappa shape index (κ2) is 10.2. The molecule has 2 aliphatic rings. The summed E-state index contributed by atoms with van der Waals surface area (Å²) in [6.45, 7) is 9.94. The second-order valence-corrected chi connectivity index (χ2v) is 7.99. The van der Waals surface area contributed by atoms with E-state index in [2.05, 4.69) is 31.9 Å². The Labute approximate surface area is 183 Å². The summed E-state index contributed by atoms with van der Waals surface area (Å²) in [6, 6.07) is 5.75. The predicted octanol–water partition coefficient (Wildman–Crippen LogP) is 1.76. The van der Waals surface area contributed by atoms with Gasteiger partial charge in [-0.3, -0.25) is 9.80 Å². The molecule has 0 unspecified atom stereocenters. The molecule has 0 N–H and O–H groups in total. The van der Waals surface area contributed by atoms with Crippen LogP contribution in [0, 0.1) is 0 Å². The molecule has 2 saturated heterocycles. The van der Waals surface area contributed by atoms with E-state index >= 15 is 0 Å². The molecule has 0 radical (unpaired) electrons. The Balaban J connectivity index is 1.69. The van der Waals surface area contributed by atoms with Crippen LogP contribution < -0.4 is 9.47 Å². The standard InChI is InChI=1S/C22H32N6O3/c1-4-9-26-10-12-27(13-11-26)21(19-15-17(29-2)7-8-20(19)30-3)22-23-24-25-28(22)16-18-6-5-14-31-18/h4,7-8,15,18,21H,1,5-6,9-14,16H2,2-3H3/t18-,21-/m1/s1. The fourth-order valence-electron chi connectivity index (χ4n) is 4.46. The zero-order valence-electron chi connectivity index (χ0n) is 18.4. The number of nitrogens with zero attached hydrogens (tertiary/aromatic N) is 6. The number of rotatable bonds is 9. The maximum atomic E-state index is 5.84. The summed E-state index contributed by atoms with van der Waals surface area (Å²) in [4.78, 5) is 4.83. The number of aromatic nitrogens is 4. The quantitative estimate of drug-likeness (QED) is 0.559. The maximum absolute atomic E-state index is 5.84. The molecule has 2 aliphatic heterocycles. The van der Waals surface area contributed by atoms with Crippen molar-refractivity contribution in [1.82, 2.24) is 30.0 Å². The third-order valence-corrected chi connectivity index (χ3v) is 6.10. The number of piperazine rings is 1. The van der Waals surface area contributed by atoms with Crippen LogP contribution in [0.25, 0.3) is 0 Å². The van der Waals surface area contributed by atoms with Gasteiger partial charge >= 0.3 is 0 Å². The van der Waals surface area contributed by atoms with Crippen molar-refractivity contribution in [3.05, 3.63) is 42.2 Å². The molecule has 1 aromatic heterocycles. The van der Waals surface area contributed by atoms with Gasteiger partial charge in [0.15, 0.2) is 5.82 Å². The highest BCUT2D eigenvalue weighted by Crippen LogP contribution is 2.37. The van der Waals surface area contributed by atoms with E-state index in [1.807, 2.05) is 29.0 Å². The molecule has 2 aromatic rings. The lowest BCUT2D eigenvalue weighted by Gasteiger charge is -2.39. The van der Waals surface area contributed by atoms with Crippen molar-refractivity contribution >= 4 is 0 Å². The molecular formula is C22H32N6O3. The van der Waals surface area contributed by atoms with Gasteiger partial charge in [-0.05, 0) is 41.5 Å². The lowest BCUT2D eigenvalue weighted by molar-refractivity contribution is 0.0865. The summed E-state index contributed by atoms with van der Waals surface area (Å²) in [7, 11) is 3.37. The molecule has 2 atom stereocenters. The number of hydrogen-bond donors (Lipinski definition) is 0. The molecule has 2 fully saturated rings. The van der Waals surface area contributed by atoms with Crippen molar-refractivity contribution in [1.29, 1.82) is 0 Å². The fourth-order valence-corrected chi connectivity index (χ4v) is 4.46. The zero-order chi connectivity index (χ0) is 21.6. The average Bonchev–Trinajstić information content (AvgIpc) is 3.48. The lowest BCUT2D eigenvalue weighted by Crippen LogP contribution is -2.48. The van der Waals surface area contributed by atoms with E-state index in [4.69, 9.17) is 14.2 Å². The second-order valence-electron chi connectivity index (χ2n) is 7.99. The van der Waals surface area contributed by atoms with Crippen LogP contribution in [0.5, 0.6) is 11.5 Å². The molecule has 0 bridgehead atoms. The van der Waals surface area contributed by atoms with Gasteiger partial charge in [0.2, 0.25) is 0 Å². The number of tetrazole rings is 1. The number of benzene rings is 1. The van der Waals surface area contributed by atoms with Crippen LogP contribution in [-0.2, 0) is 11.3 Å². The van der Waals surface area contributed by atoms with Crippen molar-refractivity contribution < 1.29 is 14.2 Å². The SMILES string of the molecule is C=CCN1CCN([C@H](c2cc(OC)ccc2OC)c2nnnn2C[C@H]2CCCO2)CC1. The van der Waals surface area contributed by atoms with Gasteiger partial charge in [0.25, 0.3) is 0 Å². The van der Waals surface area contributed by atoms with Crippen molar-refractivity contribution in [3.8, 4) is 11.5 Å². The van der Waals surface area contributed by atoms with Gasteiger partial charge < -0.3 is 14.2 Å². The third kappa shape index (κ3) is 4.89. The highest BCUT2D eigenvalue weighted by molar-refractivity contribution is 5.44. The molecule has 1 aromatic carbocycles. The molecule has 9 heteroatoms. The normalized spacial score (nSPS) is 21.2. The lowest BCUT2D eigenvalue weighted by atomic mass is 10.0. The molecule has 3 heterocycles. The van der Waals surface area contributed by atoms with Crippen LogP contribution in [0.1, 0.15) is 30.3 Å². The molecule has 0 saturated carbocycles. The van der Waals surface area contributed by atoms with Crippen molar-refractivity contribution in [3.63, 3.8) is 0 Å². The van der Waals surface area contributed by atoms with Crippen LogP contribution in [0.4, 0.5) is 0 Å². The first-order chi connectivity index (χ1) is 15.2. The van der Waals surface area contributed by atoms with Crippen molar-refractivity contribution in [2.24, 2.45) is 0 Å². The Morgan fingerprint density at radius 2 is 2.06 bits per heavy atom. The molecular weight excluding hydrogens is 396 g/mol. The topological polar surface area (TPSA) is 77.8 Å². The Morgan fingerprint density at radius 3 is 2.74 bits per heavy atom. The molecule has 0 aliphatic carbocycles. The monoisotopic (exact) mass is 428 g/mol. The predicted molar refractivity (Wildman–Crippen MR) is 116 cm³/mol. The molecule has 4 rings (SSSR count). The molecule has 0 spiro atoms. The summed E-state index contributed by atoms with van der Waals surface area (Å²) < 4.78 is 19.0. The summed E-state index contributed by atoms with van der Waals surface area (Å²) in [5.41, 5.74) is 1.00. The first-order valence-electron chi connectivity index (χ1n) is 10.9. The van der Waals surface area contributed by atoms with E-state index in [1.165, 1.54) is 0 Å². The smallest absolute Gasteiger partial charge is 0.173 e. The minimum atomic E-state index is -0.146. The summed E-state index contributed by atoms with van der Waals surface area (Å²) in [5.74, 6) is 2.38. The van der Waals surface area contributed by atoms with Gasteiger partial charge in [-0.1, -0.05) is 6.08 Å². The van der Waals surface area contributed by atoms with Crippen LogP contribution in [0.3, 0.4) is 0 Å². The van der Waals surface area contributed by atoms with E-state index in [1.54, 1.807) is 14.2 Å². The molecule has 9 nitrogen and oxygen atoms in total. The molecule has 168 valence electrons. The molecule has 31 heavy (non-hydrogen) atoms. The highest BCUT2D eigenvalue weighted by Gasteiger charge is 2.33. The van der Waals surface area contributed by atoms with E-state index < -0.39 is 0 Å². The number of ether oxygens (including phenoxy) is 3. The first-order valence-corrected chi connectivity index (χ1v) is 10.9. The minimum Gasteiger partial charge on any atom is -0.497 e. The minimum absolute atomic E-state index is 0.146. The Hall–Kier alpha value is -2.49. The van der Waals surface area contributed by atoms with E-state index in [0.717, 1.165) is 75.1 Å². The van der Waals surface area contributed by atoms with Crippen molar-refractivity contribution in [2.45, 2.75) is 31.5 Å². The van der Waals surface area contributed by atoms with E-state index in [9.17, 15) is 0 Å². The average molecular weight is 429 g/mol. The Morgan fingerprint density at radius 1 is 1.23 bits per heavy atom. The zero-order valence-corrected chi connectivity index (χ0v) is 18.4. The van der Waals surface area contributed by atoms with Crippen LogP contribution >= 0.6 is 0 Å². The summed E-state index contributed by atoms with van der Waals surface area (Å²) in [5, 5.41) is 12.8. The van der Waals surface area contributed by atoms with Gasteiger partial charge in [-0.25, -0.2) is 4.68 Å².